The lowest BCUT2D eigenvalue weighted by atomic mass is 9.77. The molecule has 8 nitrogen and oxygen atoms in total. The molecule has 3 rings (SSSR count). The van der Waals surface area contributed by atoms with Crippen LogP contribution in [0.5, 0.6) is 0 Å². The minimum absolute atomic E-state index is 0.203. The van der Waals surface area contributed by atoms with Crippen molar-refractivity contribution in [2.24, 2.45) is 5.41 Å². The third-order valence-corrected chi connectivity index (χ3v) is 5.78. The molecule has 0 aromatic rings. The summed E-state index contributed by atoms with van der Waals surface area (Å²) in [6.07, 6.45) is 3.29. The number of likely N-dealkylation sites (tertiary alicyclic amines) is 2. The predicted molar refractivity (Wildman–Crippen MR) is 97.5 cm³/mol. The first-order valence-electron chi connectivity index (χ1n) is 9.79. The van der Waals surface area contributed by atoms with Gasteiger partial charge in [0.25, 0.3) is 11.8 Å². The Labute approximate surface area is 160 Å². The first-order chi connectivity index (χ1) is 12.6. The smallest absolute Gasteiger partial charge is 0.410 e. The summed E-state index contributed by atoms with van der Waals surface area (Å²) in [5.41, 5.74) is -1.14. The second kappa shape index (κ2) is 7.39. The maximum Gasteiger partial charge on any atom is 0.410 e. The zero-order valence-electron chi connectivity index (χ0n) is 16.8. The number of ether oxygens (including phenoxy) is 1. The van der Waals surface area contributed by atoms with Crippen LogP contribution in [0, 0.1) is 5.41 Å². The maximum atomic E-state index is 12.7. The number of nitrogens with zero attached hydrogens (tertiary/aromatic N) is 3. The van der Waals surface area contributed by atoms with Crippen LogP contribution in [-0.4, -0.2) is 77.7 Å². The van der Waals surface area contributed by atoms with Gasteiger partial charge in [0.1, 0.15) is 5.60 Å². The molecule has 1 unspecified atom stereocenters. The molecule has 3 heterocycles. The number of amides is 3. The van der Waals surface area contributed by atoms with Crippen molar-refractivity contribution in [1.82, 2.24) is 14.9 Å². The van der Waals surface area contributed by atoms with Gasteiger partial charge < -0.3 is 9.64 Å². The summed E-state index contributed by atoms with van der Waals surface area (Å²) in [5.74, 6) is -0.449. The Kier molecular flexibility index (Phi) is 5.49. The molecule has 3 amide bonds. The number of carbonyl (C=O) groups excluding carboxylic acids is 3. The number of rotatable bonds is 2. The van der Waals surface area contributed by atoms with E-state index in [9.17, 15) is 14.4 Å². The summed E-state index contributed by atoms with van der Waals surface area (Å²) >= 11 is 0. The molecule has 0 aromatic carbocycles. The van der Waals surface area contributed by atoms with Crippen LogP contribution in [0.15, 0.2) is 0 Å². The van der Waals surface area contributed by atoms with Gasteiger partial charge in [-0.1, -0.05) is 0 Å². The second-order valence-electron chi connectivity index (χ2n) is 8.91. The van der Waals surface area contributed by atoms with Crippen LogP contribution >= 0.6 is 0 Å². The van der Waals surface area contributed by atoms with Crippen LogP contribution in [0.3, 0.4) is 0 Å². The predicted octanol–water partition coefficient (Wildman–Crippen LogP) is 1.79. The van der Waals surface area contributed by atoms with Crippen molar-refractivity contribution < 1.29 is 24.0 Å². The Morgan fingerprint density at radius 3 is 2.37 bits per heavy atom. The van der Waals surface area contributed by atoms with Crippen LogP contribution in [0.1, 0.15) is 52.9 Å². The van der Waals surface area contributed by atoms with Gasteiger partial charge >= 0.3 is 6.09 Å². The highest BCUT2D eigenvalue weighted by Gasteiger charge is 2.54. The fraction of sp³-hybridized carbons (Fsp3) is 0.842. The van der Waals surface area contributed by atoms with E-state index in [-0.39, 0.29) is 24.3 Å². The highest BCUT2D eigenvalue weighted by Crippen LogP contribution is 2.42. The summed E-state index contributed by atoms with van der Waals surface area (Å²) in [6, 6.07) is 0.320. The largest absolute Gasteiger partial charge is 0.444 e. The first-order valence-corrected chi connectivity index (χ1v) is 9.79. The minimum atomic E-state index is -0.645. The number of piperidine rings is 2. The molecule has 0 aliphatic carbocycles. The molecule has 8 heteroatoms. The average Bonchev–Trinajstić information content (AvgIpc) is 2.83. The van der Waals surface area contributed by atoms with E-state index in [1.165, 1.54) is 7.11 Å². The number of hydroxylamine groups is 2. The van der Waals surface area contributed by atoms with Gasteiger partial charge in [-0.15, -0.1) is 0 Å². The first kappa shape index (κ1) is 20.1. The van der Waals surface area contributed by atoms with E-state index in [0.29, 0.717) is 25.7 Å². The third-order valence-electron chi connectivity index (χ3n) is 5.78. The Bertz CT molecular complexity index is 609. The second-order valence-corrected chi connectivity index (χ2v) is 8.91. The zero-order chi connectivity index (χ0) is 19.8. The van der Waals surface area contributed by atoms with Crippen molar-refractivity contribution in [3.05, 3.63) is 0 Å². The van der Waals surface area contributed by atoms with Crippen molar-refractivity contribution in [3.63, 3.8) is 0 Å². The van der Waals surface area contributed by atoms with Crippen LogP contribution in [-0.2, 0) is 19.2 Å². The zero-order valence-corrected chi connectivity index (χ0v) is 16.8. The van der Waals surface area contributed by atoms with E-state index >= 15 is 0 Å². The summed E-state index contributed by atoms with van der Waals surface area (Å²) < 4.78 is 5.46. The highest BCUT2D eigenvalue weighted by molar-refractivity contribution is 6.05. The Hall–Kier alpha value is -1.67. The van der Waals surface area contributed by atoms with E-state index in [1.54, 1.807) is 4.90 Å². The van der Waals surface area contributed by atoms with Crippen LogP contribution in [0.25, 0.3) is 0 Å². The van der Waals surface area contributed by atoms with Crippen molar-refractivity contribution in [2.75, 3.05) is 33.3 Å². The van der Waals surface area contributed by atoms with Crippen LogP contribution in [0.4, 0.5) is 4.79 Å². The van der Waals surface area contributed by atoms with Crippen molar-refractivity contribution in [3.8, 4) is 0 Å². The van der Waals surface area contributed by atoms with Crippen LogP contribution in [0.2, 0.25) is 0 Å². The number of carbonyl (C=O) groups is 3. The Morgan fingerprint density at radius 2 is 1.81 bits per heavy atom. The molecule has 0 bridgehead atoms. The molecule has 3 aliphatic heterocycles. The lowest BCUT2D eigenvalue weighted by Gasteiger charge is -2.45. The van der Waals surface area contributed by atoms with Gasteiger partial charge in [-0.05, 0) is 53.0 Å². The van der Waals surface area contributed by atoms with Crippen molar-refractivity contribution in [2.45, 2.75) is 64.5 Å². The minimum Gasteiger partial charge on any atom is -0.444 e. The van der Waals surface area contributed by atoms with Gasteiger partial charge in [-0.25, -0.2) is 4.79 Å². The standard InChI is InChI=1S/C19H31N3O5/c1-18(2,3)27-17(25)20-10-6-14(7-11-20)21-9-5-8-19(13-21)12-15(23)22(26-4)16(19)24/h14H,5-13H2,1-4H3. The molecule has 0 radical (unpaired) electrons. The van der Waals surface area contributed by atoms with E-state index in [0.717, 1.165) is 37.3 Å². The number of hydrogen-bond donors (Lipinski definition) is 0. The summed E-state index contributed by atoms with van der Waals surface area (Å²) in [5, 5.41) is 0.925. The molecule has 0 saturated carbocycles. The summed E-state index contributed by atoms with van der Waals surface area (Å²) in [7, 11) is 1.36. The highest BCUT2D eigenvalue weighted by atomic mass is 16.7. The Morgan fingerprint density at radius 1 is 1.15 bits per heavy atom. The summed E-state index contributed by atoms with van der Waals surface area (Å²) in [4.78, 5) is 46.1. The molecule has 0 aromatic heterocycles. The topological polar surface area (TPSA) is 79.4 Å². The fourth-order valence-corrected chi connectivity index (χ4v) is 4.49. The SMILES string of the molecule is CON1C(=O)CC2(CCCN(C3CCN(C(=O)OC(C)(C)C)CC3)C2)C1=O. The molecular formula is C19H31N3O5. The normalized spacial score (nSPS) is 28.3. The van der Waals surface area contributed by atoms with E-state index in [4.69, 9.17) is 9.57 Å². The monoisotopic (exact) mass is 381 g/mol. The van der Waals surface area contributed by atoms with E-state index in [1.807, 2.05) is 20.8 Å². The lowest BCUT2D eigenvalue weighted by molar-refractivity contribution is -0.183. The summed E-state index contributed by atoms with van der Waals surface area (Å²) in [6.45, 7) is 8.43. The molecule has 1 atom stereocenters. The molecule has 1 spiro atoms. The molecule has 3 fully saturated rings. The molecule has 27 heavy (non-hydrogen) atoms. The van der Waals surface area contributed by atoms with Gasteiger partial charge in [0, 0.05) is 32.1 Å². The lowest BCUT2D eigenvalue weighted by Crippen LogP contribution is -2.54. The quantitative estimate of drug-likeness (QED) is 0.679. The third kappa shape index (κ3) is 4.11. The average molecular weight is 381 g/mol. The maximum absolute atomic E-state index is 12.7. The van der Waals surface area contributed by atoms with Gasteiger partial charge in [0.2, 0.25) is 0 Å². The van der Waals surface area contributed by atoms with Gasteiger partial charge in [0.05, 0.1) is 12.5 Å². The van der Waals surface area contributed by atoms with Gasteiger partial charge in [-0.2, -0.15) is 5.06 Å². The molecule has 3 aliphatic rings. The molecule has 3 saturated heterocycles. The van der Waals surface area contributed by atoms with Crippen molar-refractivity contribution in [1.29, 1.82) is 0 Å². The van der Waals surface area contributed by atoms with E-state index in [2.05, 4.69) is 4.90 Å². The van der Waals surface area contributed by atoms with E-state index < -0.39 is 11.0 Å². The number of imide groups is 1. The van der Waals surface area contributed by atoms with Crippen LogP contribution < -0.4 is 0 Å². The van der Waals surface area contributed by atoms with Crippen molar-refractivity contribution >= 4 is 17.9 Å². The van der Waals surface area contributed by atoms with Gasteiger partial charge in [0.15, 0.2) is 0 Å². The molecular weight excluding hydrogens is 350 g/mol. The Balaban J connectivity index is 1.58. The molecule has 0 N–H and O–H groups in total. The molecule has 152 valence electrons. The fourth-order valence-electron chi connectivity index (χ4n) is 4.49. The number of hydrogen-bond acceptors (Lipinski definition) is 6. The van der Waals surface area contributed by atoms with Gasteiger partial charge in [-0.3, -0.25) is 19.3 Å².